The molecule has 2 aromatic rings. The molecule has 0 saturated heterocycles. The Morgan fingerprint density at radius 3 is 3.00 bits per heavy atom. The van der Waals surface area contributed by atoms with E-state index < -0.39 is 6.04 Å². The van der Waals surface area contributed by atoms with Gasteiger partial charge < -0.3 is 10.5 Å². The summed E-state index contributed by atoms with van der Waals surface area (Å²) in [6, 6.07) is 6.82. The summed E-state index contributed by atoms with van der Waals surface area (Å²) in [5.74, 6) is -0.311. The molecule has 0 fully saturated rings. The van der Waals surface area contributed by atoms with Crippen LogP contribution >= 0.6 is 11.6 Å². The number of carbonyl (C=O) groups excluding carboxylic acids is 1. The zero-order chi connectivity index (χ0) is 13.8. The molecule has 5 heteroatoms. The van der Waals surface area contributed by atoms with Gasteiger partial charge in [0.1, 0.15) is 0 Å². The van der Waals surface area contributed by atoms with Gasteiger partial charge in [-0.2, -0.15) is 0 Å². The SMILES string of the molecule is CCOC(=O)CC(N)c1ccc(Cl)c2cccnc12. The fourth-order valence-electron chi connectivity index (χ4n) is 1.97. The summed E-state index contributed by atoms with van der Waals surface area (Å²) in [6.45, 7) is 2.12. The molecular weight excluding hydrogens is 264 g/mol. The van der Waals surface area contributed by atoms with Crippen LogP contribution in [0.4, 0.5) is 0 Å². The fraction of sp³-hybridized carbons (Fsp3) is 0.286. The van der Waals surface area contributed by atoms with Gasteiger partial charge in [0.2, 0.25) is 0 Å². The zero-order valence-electron chi connectivity index (χ0n) is 10.6. The molecule has 2 N–H and O–H groups in total. The number of halogens is 1. The van der Waals surface area contributed by atoms with Crippen molar-refractivity contribution >= 4 is 28.5 Å². The smallest absolute Gasteiger partial charge is 0.307 e. The van der Waals surface area contributed by atoms with Gasteiger partial charge in [0.15, 0.2) is 0 Å². The van der Waals surface area contributed by atoms with Crippen molar-refractivity contribution in [1.82, 2.24) is 4.98 Å². The highest BCUT2D eigenvalue weighted by atomic mass is 35.5. The van der Waals surface area contributed by atoms with E-state index in [1.54, 1.807) is 19.2 Å². The van der Waals surface area contributed by atoms with Gasteiger partial charge in [-0.15, -0.1) is 0 Å². The molecular formula is C14H15ClN2O2. The lowest BCUT2D eigenvalue weighted by Gasteiger charge is -2.14. The van der Waals surface area contributed by atoms with Gasteiger partial charge in [0.25, 0.3) is 0 Å². The number of ether oxygens (including phenoxy) is 1. The molecule has 19 heavy (non-hydrogen) atoms. The monoisotopic (exact) mass is 278 g/mol. The maximum absolute atomic E-state index is 11.5. The van der Waals surface area contributed by atoms with Crippen molar-refractivity contribution in [3.05, 3.63) is 41.0 Å². The number of esters is 1. The number of pyridine rings is 1. The minimum atomic E-state index is -0.450. The Morgan fingerprint density at radius 1 is 1.47 bits per heavy atom. The van der Waals surface area contributed by atoms with Crippen LogP contribution in [0, 0.1) is 0 Å². The van der Waals surface area contributed by atoms with E-state index in [1.807, 2.05) is 18.2 Å². The molecule has 4 nitrogen and oxygen atoms in total. The Morgan fingerprint density at radius 2 is 2.26 bits per heavy atom. The normalized spacial score (nSPS) is 12.4. The number of fused-ring (bicyclic) bond motifs is 1. The molecule has 0 aliphatic heterocycles. The second-order valence-electron chi connectivity index (χ2n) is 4.15. The van der Waals surface area contributed by atoms with Crippen LogP contribution in [0.1, 0.15) is 24.9 Å². The highest BCUT2D eigenvalue weighted by Gasteiger charge is 2.16. The molecule has 2 rings (SSSR count). The van der Waals surface area contributed by atoms with Crippen LogP contribution in [0.5, 0.6) is 0 Å². The van der Waals surface area contributed by atoms with Crippen LogP contribution < -0.4 is 5.73 Å². The average molecular weight is 279 g/mol. The maximum Gasteiger partial charge on any atom is 0.307 e. The second kappa shape index (κ2) is 5.99. The van der Waals surface area contributed by atoms with Gasteiger partial charge in [-0.1, -0.05) is 17.7 Å². The molecule has 0 radical (unpaired) electrons. The standard InChI is InChI=1S/C14H15ClN2O2/c1-2-19-13(18)8-12(16)10-5-6-11(15)9-4-3-7-17-14(9)10/h3-7,12H,2,8,16H2,1H3. The summed E-state index contributed by atoms with van der Waals surface area (Å²) in [4.78, 5) is 15.8. The third kappa shape index (κ3) is 3.03. The Kier molecular flexibility index (Phi) is 4.35. The third-order valence-corrected chi connectivity index (χ3v) is 3.17. The lowest BCUT2D eigenvalue weighted by molar-refractivity contribution is -0.143. The first-order valence-corrected chi connectivity index (χ1v) is 6.45. The summed E-state index contributed by atoms with van der Waals surface area (Å²) in [5.41, 5.74) is 7.59. The first kappa shape index (κ1) is 13.8. The highest BCUT2D eigenvalue weighted by molar-refractivity contribution is 6.35. The summed E-state index contributed by atoms with van der Waals surface area (Å²) in [7, 11) is 0. The van der Waals surface area contributed by atoms with Crippen LogP contribution in [0.2, 0.25) is 5.02 Å². The van der Waals surface area contributed by atoms with Crippen molar-refractivity contribution in [2.75, 3.05) is 6.61 Å². The highest BCUT2D eigenvalue weighted by Crippen LogP contribution is 2.28. The summed E-state index contributed by atoms with van der Waals surface area (Å²) >= 11 is 6.12. The molecule has 0 saturated carbocycles. The molecule has 0 aliphatic carbocycles. The van der Waals surface area contributed by atoms with Gasteiger partial charge in [-0.05, 0) is 30.7 Å². The lowest BCUT2D eigenvalue weighted by Crippen LogP contribution is -2.17. The molecule has 0 spiro atoms. The van der Waals surface area contributed by atoms with E-state index in [-0.39, 0.29) is 12.4 Å². The number of aromatic nitrogens is 1. The summed E-state index contributed by atoms with van der Waals surface area (Å²) in [5, 5.41) is 1.45. The first-order chi connectivity index (χ1) is 9.13. The van der Waals surface area contributed by atoms with Crippen LogP contribution in [0.3, 0.4) is 0 Å². The Hall–Kier alpha value is -1.65. The fourth-order valence-corrected chi connectivity index (χ4v) is 2.18. The van der Waals surface area contributed by atoms with Crippen LogP contribution in [0.25, 0.3) is 10.9 Å². The molecule has 0 bridgehead atoms. The quantitative estimate of drug-likeness (QED) is 0.874. The molecule has 0 aliphatic rings. The number of hydrogen-bond donors (Lipinski definition) is 1. The minimum absolute atomic E-state index is 0.126. The molecule has 0 amide bonds. The number of carbonyl (C=O) groups is 1. The van der Waals surface area contributed by atoms with E-state index in [1.165, 1.54) is 0 Å². The van der Waals surface area contributed by atoms with Gasteiger partial charge in [-0.25, -0.2) is 0 Å². The molecule has 1 aromatic heterocycles. The molecule has 1 aromatic carbocycles. The van der Waals surface area contributed by atoms with Gasteiger partial charge >= 0.3 is 5.97 Å². The summed E-state index contributed by atoms with van der Waals surface area (Å²) < 4.78 is 4.90. The Bertz CT molecular complexity index is 601. The number of benzene rings is 1. The molecule has 1 heterocycles. The van der Waals surface area contributed by atoms with Crippen LogP contribution in [-0.4, -0.2) is 17.6 Å². The van der Waals surface area contributed by atoms with E-state index in [9.17, 15) is 4.79 Å². The van der Waals surface area contributed by atoms with Crippen molar-refractivity contribution in [3.8, 4) is 0 Å². The van der Waals surface area contributed by atoms with E-state index >= 15 is 0 Å². The van der Waals surface area contributed by atoms with Gasteiger partial charge in [0, 0.05) is 22.6 Å². The van der Waals surface area contributed by atoms with Crippen LogP contribution in [-0.2, 0) is 9.53 Å². The van der Waals surface area contributed by atoms with E-state index in [0.29, 0.717) is 11.6 Å². The van der Waals surface area contributed by atoms with Crippen molar-refractivity contribution < 1.29 is 9.53 Å². The number of hydrogen-bond acceptors (Lipinski definition) is 4. The lowest BCUT2D eigenvalue weighted by atomic mass is 10.0. The molecule has 100 valence electrons. The predicted molar refractivity (Wildman–Crippen MR) is 74.9 cm³/mol. The predicted octanol–water partition coefficient (Wildman–Crippen LogP) is 2.84. The average Bonchev–Trinajstić information content (AvgIpc) is 2.39. The van der Waals surface area contributed by atoms with Gasteiger partial charge in [0.05, 0.1) is 18.5 Å². The van der Waals surface area contributed by atoms with Crippen molar-refractivity contribution in [2.24, 2.45) is 5.73 Å². The van der Waals surface area contributed by atoms with Crippen molar-refractivity contribution in [2.45, 2.75) is 19.4 Å². The van der Waals surface area contributed by atoms with E-state index in [0.717, 1.165) is 16.5 Å². The van der Waals surface area contributed by atoms with E-state index in [4.69, 9.17) is 22.1 Å². The van der Waals surface area contributed by atoms with Crippen molar-refractivity contribution in [1.29, 1.82) is 0 Å². The Labute approximate surface area is 116 Å². The van der Waals surface area contributed by atoms with Crippen molar-refractivity contribution in [3.63, 3.8) is 0 Å². The third-order valence-electron chi connectivity index (χ3n) is 2.84. The molecule has 1 unspecified atom stereocenters. The number of nitrogens with zero attached hydrogens (tertiary/aromatic N) is 1. The maximum atomic E-state index is 11.5. The number of rotatable bonds is 4. The van der Waals surface area contributed by atoms with E-state index in [2.05, 4.69) is 4.98 Å². The zero-order valence-corrected chi connectivity index (χ0v) is 11.4. The first-order valence-electron chi connectivity index (χ1n) is 6.07. The topological polar surface area (TPSA) is 65.2 Å². The second-order valence-corrected chi connectivity index (χ2v) is 4.56. The van der Waals surface area contributed by atoms with Crippen LogP contribution in [0.15, 0.2) is 30.5 Å². The summed E-state index contributed by atoms with van der Waals surface area (Å²) in [6.07, 6.45) is 1.81. The minimum Gasteiger partial charge on any atom is -0.466 e. The Balaban J connectivity index is 2.35. The largest absolute Gasteiger partial charge is 0.466 e. The molecule has 1 atom stereocenters. The van der Waals surface area contributed by atoms with Gasteiger partial charge in [-0.3, -0.25) is 9.78 Å². The number of nitrogens with two attached hydrogens (primary N) is 1.